The summed E-state index contributed by atoms with van der Waals surface area (Å²) in [5, 5.41) is 0. The van der Waals surface area contributed by atoms with Gasteiger partial charge in [0.2, 0.25) is 0 Å². The first-order chi connectivity index (χ1) is 9.86. The maximum absolute atomic E-state index is 2.48. The second-order valence-electron chi connectivity index (χ2n) is 6.25. The molecule has 118 valence electrons. The van der Waals surface area contributed by atoms with E-state index in [-0.39, 0.29) is 0 Å². The minimum Gasteiger partial charge on any atom is -0.359 e. The first-order valence-corrected chi connectivity index (χ1v) is 9.03. The van der Waals surface area contributed by atoms with E-state index in [1.807, 2.05) is 0 Å². The van der Waals surface area contributed by atoms with Crippen molar-refractivity contribution < 1.29 is 0 Å². The third-order valence-corrected chi connectivity index (χ3v) is 4.20. The Morgan fingerprint density at radius 1 is 0.600 bits per heavy atom. The molecule has 20 heavy (non-hydrogen) atoms. The monoisotopic (exact) mass is 280 g/mol. The van der Waals surface area contributed by atoms with Gasteiger partial charge in [-0.15, -0.1) is 0 Å². The zero-order chi connectivity index (χ0) is 14.5. The topological polar surface area (TPSA) is 6.48 Å². The number of hydrogen-bond acceptors (Lipinski definition) is 2. The molecule has 0 saturated carbocycles. The normalized spacial score (nSPS) is 14.5. The van der Waals surface area contributed by atoms with Gasteiger partial charge in [0.25, 0.3) is 0 Å². The Balaban J connectivity index is 1.91. The van der Waals surface area contributed by atoms with Gasteiger partial charge in [0.1, 0.15) is 0 Å². The van der Waals surface area contributed by atoms with Gasteiger partial charge < -0.3 is 9.80 Å². The lowest BCUT2D eigenvalue weighted by atomic mass is 10.1. The molecule has 0 aromatic heterocycles. The standard InChI is InChI=1S/C18H36N2/c1-3-5-7-9-11-13-15-20-17-16-19(18-20)14-12-10-8-6-4-2/h16-17H,3-15,18H2,1-2H3. The molecular formula is C18H36N2. The van der Waals surface area contributed by atoms with E-state index < -0.39 is 0 Å². The molecule has 0 bridgehead atoms. The Bertz CT molecular complexity index is 238. The molecule has 0 aromatic carbocycles. The summed E-state index contributed by atoms with van der Waals surface area (Å²) in [6, 6.07) is 0. The SMILES string of the molecule is CCCCCCCCN1C=CN(CCCCCCC)C1. The van der Waals surface area contributed by atoms with Gasteiger partial charge in [-0.25, -0.2) is 0 Å². The number of unbranched alkanes of at least 4 members (excludes halogenated alkanes) is 9. The predicted octanol–water partition coefficient (Wildman–Crippen LogP) is 5.36. The van der Waals surface area contributed by atoms with Gasteiger partial charge in [-0.3, -0.25) is 0 Å². The van der Waals surface area contributed by atoms with Gasteiger partial charge in [0.05, 0.1) is 6.67 Å². The summed E-state index contributed by atoms with van der Waals surface area (Å²) in [6.45, 7) is 8.18. The number of nitrogens with zero attached hydrogens (tertiary/aromatic N) is 2. The zero-order valence-electron chi connectivity index (χ0n) is 13.9. The first-order valence-electron chi connectivity index (χ1n) is 9.03. The fraction of sp³-hybridized carbons (Fsp3) is 0.889. The molecule has 1 aliphatic heterocycles. The van der Waals surface area contributed by atoms with Gasteiger partial charge in [0, 0.05) is 25.5 Å². The molecule has 0 N–H and O–H groups in total. The lowest BCUT2D eigenvalue weighted by Gasteiger charge is -2.21. The van der Waals surface area contributed by atoms with E-state index in [1.165, 1.54) is 83.7 Å². The maximum atomic E-state index is 2.48. The molecule has 0 atom stereocenters. The average molecular weight is 280 g/mol. The second-order valence-corrected chi connectivity index (χ2v) is 6.25. The molecule has 1 heterocycles. The van der Waals surface area contributed by atoms with Crippen LogP contribution in [0.4, 0.5) is 0 Å². The smallest absolute Gasteiger partial charge is 0.0893 e. The summed E-state index contributed by atoms with van der Waals surface area (Å²) in [5.41, 5.74) is 0. The minimum absolute atomic E-state index is 1.13. The van der Waals surface area contributed by atoms with Crippen molar-refractivity contribution in [3.05, 3.63) is 12.4 Å². The molecule has 2 nitrogen and oxygen atoms in total. The lowest BCUT2D eigenvalue weighted by molar-refractivity contribution is 0.257. The molecule has 0 amide bonds. The van der Waals surface area contributed by atoms with Crippen LogP contribution in [-0.4, -0.2) is 29.6 Å². The van der Waals surface area contributed by atoms with Crippen molar-refractivity contribution in [2.45, 2.75) is 84.5 Å². The van der Waals surface area contributed by atoms with Gasteiger partial charge in [-0.1, -0.05) is 71.6 Å². The van der Waals surface area contributed by atoms with Gasteiger partial charge in [-0.2, -0.15) is 0 Å². The summed E-state index contributed by atoms with van der Waals surface area (Å²) < 4.78 is 0. The van der Waals surface area contributed by atoms with E-state index in [0.717, 1.165) is 6.67 Å². The summed E-state index contributed by atoms with van der Waals surface area (Å²) in [4.78, 5) is 4.95. The van der Waals surface area contributed by atoms with Crippen molar-refractivity contribution in [1.29, 1.82) is 0 Å². The van der Waals surface area contributed by atoms with Crippen LogP contribution in [0.5, 0.6) is 0 Å². The molecule has 0 fully saturated rings. The molecule has 0 spiro atoms. The zero-order valence-corrected chi connectivity index (χ0v) is 13.9. The Kier molecular flexibility index (Phi) is 10.5. The number of rotatable bonds is 13. The molecule has 1 rings (SSSR count). The van der Waals surface area contributed by atoms with Crippen molar-refractivity contribution in [3.63, 3.8) is 0 Å². The molecule has 0 unspecified atom stereocenters. The van der Waals surface area contributed by atoms with Crippen LogP contribution >= 0.6 is 0 Å². The minimum atomic E-state index is 1.13. The highest BCUT2D eigenvalue weighted by Gasteiger charge is 2.10. The van der Waals surface area contributed by atoms with Gasteiger partial charge in [0.15, 0.2) is 0 Å². The van der Waals surface area contributed by atoms with E-state index in [0.29, 0.717) is 0 Å². The van der Waals surface area contributed by atoms with Crippen LogP contribution in [0.25, 0.3) is 0 Å². The van der Waals surface area contributed by atoms with E-state index >= 15 is 0 Å². The Morgan fingerprint density at radius 2 is 1.00 bits per heavy atom. The van der Waals surface area contributed by atoms with E-state index in [4.69, 9.17) is 0 Å². The molecule has 0 aromatic rings. The quantitative estimate of drug-likeness (QED) is 0.419. The van der Waals surface area contributed by atoms with Crippen molar-refractivity contribution in [2.75, 3.05) is 19.8 Å². The largest absolute Gasteiger partial charge is 0.359 e. The fourth-order valence-corrected chi connectivity index (χ4v) is 2.82. The Morgan fingerprint density at radius 3 is 1.45 bits per heavy atom. The van der Waals surface area contributed by atoms with Crippen LogP contribution in [0.3, 0.4) is 0 Å². The van der Waals surface area contributed by atoms with Crippen molar-refractivity contribution in [2.24, 2.45) is 0 Å². The summed E-state index contributed by atoms with van der Waals surface area (Å²) in [7, 11) is 0. The Hall–Kier alpha value is -0.660. The maximum Gasteiger partial charge on any atom is 0.0893 e. The third kappa shape index (κ3) is 8.50. The van der Waals surface area contributed by atoms with Crippen molar-refractivity contribution in [3.8, 4) is 0 Å². The van der Waals surface area contributed by atoms with Crippen molar-refractivity contribution in [1.82, 2.24) is 9.80 Å². The van der Waals surface area contributed by atoms with Crippen LogP contribution in [0.15, 0.2) is 12.4 Å². The van der Waals surface area contributed by atoms with Gasteiger partial charge in [-0.05, 0) is 12.8 Å². The van der Waals surface area contributed by atoms with Gasteiger partial charge >= 0.3 is 0 Å². The molecular weight excluding hydrogens is 244 g/mol. The molecule has 0 aliphatic carbocycles. The molecule has 0 saturated heterocycles. The van der Waals surface area contributed by atoms with E-state index in [1.54, 1.807) is 0 Å². The second kappa shape index (κ2) is 12.1. The van der Waals surface area contributed by atoms with E-state index in [2.05, 4.69) is 36.0 Å². The average Bonchev–Trinajstić information content (AvgIpc) is 2.90. The van der Waals surface area contributed by atoms with Crippen LogP contribution in [0.1, 0.15) is 84.5 Å². The summed E-state index contributed by atoms with van der Waals surface area (Å²) in [5.74, 6) is 0. The summed E-state index contributed by atoms with van der Waals surface area (Å²) >= 11 is 0. The highest BCUT2D eigenvalue weighted by molar-refractivity contribution is 4.90. The molecule has 0 radical (unpaired) electrons. The number of hydrogen-bond donors (Lipinski definition) is 0. The Labute approximate surface area is 127 Å². The molecule has 2 heteroatoms. The summed E-state index contributed by atoms with van der Waals surface area (Å²) in [6.07, 6.45) is 19.9. The lowest BCUT2D eigenvalue weighted by Crippen LogP contribution is -2.26. The van der Waals surface area contributed by atoms with Crippen molar-refractivity contribution >= 4 is 0 Å². The predicted molar refractivity (Wildman–Crippen MR) is 89.6 cm³/mol. The fourth-order valence-electron chi connectivity index (χ4n) is 2.82. The highest BCUT2D eigenvalue weighted by atomic mass is 15.3. The van der Waals surface area contributed by atoms with Crippen LogP contribution in [0, 0.1) is 0 Å². The highest BCUT2D eigenvalue weighted by Crippen LogP contribution is 2.12. The van der Waals surface area contributed by atoms with E-state index in [9.17, 15) is 0 Å². The molecule has 1 aliphatic rings. The first kappa shape index (κ1) is 17.4. The third-order valence-electron chi connectivity index (χ3n) is 4.20. The van der Waals surface area contributed by atoms with Crippen LogP contribution < -0.4 is 0 Å². The van der Waals surface area contributed by atoms with Crippen LogP contribution in [0.2, 0.25) is 0 Å². The van der Waals surface area contributed by atoms with Crippen LogP contribution in [-0.2, 0) is 0 Å².